The molecule has 3 atom stereocenters. The number of halogens is 2. The second-order valence-corrected chi connectivity index (χ2v) is 21.9. The standard InChI is InChI=1S/C29H30ClN7O2S.C25H22ClN7O.CH4O/c1-28(2,3)40(39)35-29(4,22-8-10-23(30)11-9-22)27(38)34-24-12-6-19(7-13-24)26-25-14-20(17-37(25)33-18-31-26)21-15-32-36(5)16-21;1-25(27,19-5-7-20(26)8-6-19)24(34)31-21-9-3-16(4-10-21)23-22-11-17(14-33(22)30-15-28-23)18-12-29-32(2)13-18;1-2/h6-18,35H,1-5H3,(H,34,38);3-15H,27H2,1-2H3,(H,31,34);2H,1H3. The number of rotatable bonds is 12. The van der Waals surface area contributed by atoms with Gasteiger partial charge in [-0.2, -0.15) is 20.4 Å². The maximum atomic E-state index is 13.7. The van der Waals surface area contributed by atoms with Crippen LogP contribution in [0.4, 0.5) is 11.4 Å². The number of aliphatic hydroxyl groups is 1. The number of aliphatic hydroxyl groups excluding tert-OH is 1. The van der Waals surface area contributed by atoms with Gasteiger partial charge in [-0.25, -0.2) is 27.9 Å². The maximum absolute atomic E-state index is 13.7. The fourth-order valence-corrected chi connectivity index (χ4v) is 9.13. The highest BCUT2D eigenvalue weighted by Crippen LogP contribution is 2.32. The van der Waals surface area contributed by atoms with E-state index in [-0.39, 0.29) is 11.8 Å². The van der Waals surface area contributed by atoms with Gasteiger partial charge >= 0.3 is 0 Å². The molecular weight excluding hydrogens is 1020 g/mol. The van der Waals surface area contributed by atoms with Crippen molar-refractivity contribution < 1.29 is 18.9 Å². The van der Waals surface area contributed by atoms with Gasteiger partial charge < -0.3 is 21.5 Å². The van der Waals surface area contributed by atoms with Crippen molar-refractivity contribution in [3.8, 4) is 44.8 Å². The average Bonchev–Trinajstić information content (AvgIpc) is 4.25. The topological polar surface area (TPSA) is 230 Å². The molecule has 0 aliphatic rings. The molecule has 3 unspecified atom stereocenters. The van der Waals surface area contributed by atoms with E-state index >= 15 is 0 Å². The van der Waals surface area contributed by atoms with Crippen LogP contribution in [0.2, 0.25) is 10.0 Å². The first-order valence-corrected chi connectivity index (χ1v) is 25.6. The molecule has 0 radical (unpaired) electrons. The Labute approximate surface area is 451 Å². The van der Waals surface area contributed by atoms with E-state index in [0.29, 0.717) is 32.5 Å². The first-order valence-electron chi connectivity index (χ1n) is 23.7. The van der Waals surface area contributed by atoms with Crippen LogP contribution in [0.3, 0.4) is 0 Å². The summed E-state index contributed by atoms with van der Waals surface area (Å²) in [4.78, 5) is 35.6. The third kappa shape index (κ3) is 11.9. The lowest BCUT2D eigenvalue weighted by Gasteiger charge is -2.32. The van der Waals surface area contributed by atoms with Crippen molar-refractivity contribution in [1.29, 1.82) is 0 Å². The van der Waals surface area contributed by atoms with Crippen molar-refractivity contribution in [2.75, 3.05) is 17.7 Å². The molecule has 2 amide bonds. The largest absolute Gasteiger partial charge is 0.400 e. The van der Waals surface area contributed by atoms with Gasteiger partial charge in [0.1, 0.15) is 23.7 Å². The van der Waals surface area contributed by atoms with Crippen LogP contribution in [0, 0.1) is 0 Å². The van der Waals surface area contributed by atoms with Crippen LogP contribution in [-0.2, 0) is 45.7 Å². The van der Waals surface area contributed by atoms with Crippen molar-refractivity contribution in [2.24, 2.45) is 19.8 Å². The highest BCUT2D eigenvalue weighted by Gasteiger charge is 2.39. The number of nitrogens with one attached hydrogen (secondary N) is 3. The normalized spacial score (nSPS) is 13.4. The number of hydrogen-bond donors (Lipinski definition) is 5. The molecule has 0 spiro atoms. The molecule has 0 saturated heterocycles. The second kappa shape index (κ2) is 22.5. The third-order valence-electron chi connectivity index (χ3n) is 12.4. The first-order chi connectivity index (χ1) is 36.2. The van der Waals surface area contributed by atoms with E-state index in [2.05, 4.69) is 45.7 Å². The number of nitrogens with zero attached hydrogens (tertiary/aromatic N) is 10. The van der Waals surface area contributed by atoms with Gasteiger partial charge in [-0.1, -0.05) is 71.7 Å². The first kappa shape index (κ1) is 54.4. The highest BCUT2D eigenvalue weighted by atomic mass is 35.5. The average molecular weight is 1080 g/mol. The minimum absolute atomic E-state index is 0.320. The molecule has 0 fully saturated rings. The quantitative estimate of drug-likeness (QED) is 0.0774. The van der Waals surface area contributed by atoms with Crippen LogP contribution in [0.25, 0.3) is 55.8 Å². The lowest BCUT2D eigenvalue weighted by Crippen LogP contribution is -2.53. The van der Waals surface area contributed by atoms with Crippen molar-refractivity contribution in [3.05, 3.63) is 180 Å². The number of fused-ring (bicyclic) bond motifs is 2. The fourth-order valence-electron chi connectivity index (χ4n) is 7.99. The Bertz CT molecular complexity index is 3680. The Kier molecular flexibility index (Phi) is 16.1. The van der Waals surface area contributed by atoms with Crippen LogP contribution < -0.4 is 21.1 Å². The lowest BCUT2D eigenvalue weighted by atomic mass is 9.92. The van der Waals surface area contributed by atoms with E-state index in [1.54, 1.807) is 80.8 Å². The predicted molar refractivity (Wildman–Crippen MR) is 299 cm³/mol. The minimum atomic E-state index is -1.51. The number of anilines is 2. The van der Waals surface area contributed by atoms with Gasteiger partial charge in [-0.3, -0.25) is 19.0 Å². The summed E-state index contributed by atoms with van der Waals surface area (Å²) in [7, 11) is 3.25. The van der Waals surface area contributed by atoms with Crippen LogP contribution in [0.1, 0.15) is 45.7 Å². The minimum Gasteiger partial charge on any atom is -0.400 e. The molecule has 6 heterocycles. The van der Waals surface area contributed by atoms with E-state index in [4.69, 9.17) is 34.0 Å². The van der Waals surface area contributed by atoms with Gasteiger partial charge in [0.25, 0.3) is 0 Å². The molecule has 0 aliphatic heterocycles. The molecule has 21 heteroatoms. The van der Waals surface area contributed by atoms with E-state index in [1.165, 1.54) is 12.7 Å². The molecule has 76 heavy (non-hydrogen) atoms. The third-order valence-corrected chi connectivity index (χ3v) is 14.6. The number of nitrogens with two attached hydrogens (primary N) is 1. The zero-order valence-corrected chi connectivity index (χ0v) is 45.2. The maximum Gasteiger partial charge on any atom is 0.249 e. The molecule has 10 rings (SSSR count). The summed E-state index contributed by atoms with van der Waals surface area (Å²) in [6, 6.07) is 32.8. The predicted octanol–water partition coefficient (Wildman–Crippen LogP) is 9.23. The summed E-state index contributed by atoms with van der Waals surface area (Å²) in [5.41, 5.74) is 15.4. The molecule has 18 nitrogen and oxygen atoms in total. The van der Waals surface area contributed by atoms with Crippen LogP contribution in [0.5, 0.6) is 0 Å². The Hall–Kier alpha value is -7.91. The zero-order valence-electron chi connectivity index (χ0n) is 42.9. The van der Waals surface area contributed by atoms with E-state index in [9.17, 15) is 13.8 Å². The van der Waals surface area contributed by atoms with E-state index in [1.807, 2.05) is 133 Å². The summed E-state index contributed by atoms with van der Waals surface area (Å²) >= 11 is 12.0. The molecule has 0 aliphatic carbocycles. The van der Waals surface area contributed by atoms with Gasteiger partial charge in [0.2, 0.25) is 11.8 Å². The van der Waals surface area contributed by atoms with Crippen molar-refractivity contribution in [3.63, 3.8) is 0 Å². The fraction of sp³-hybridized carbons (Fsp3) is 0.200. The molecule has 390 valence electrons. The molecule has 4 aromatic carbocycles. The van der Waals surface area contributed by atoms with Gasteiger partial charge in [0.15, 0.2) is 0 Å². The van der Waals surface area contributed by atoms with Crippen molar-refractivity contribution in [1.82, 2.24) is 53.5 Å². The summed E-state index contributed by atoms with van der Waals surface area (Å²) in [6.45, 7) is 8.94. The van der Waals surface area contributed by atoms with Crippen LogP contribution in [0.15, 0.2) is 159 Å². The zero-order chi connectivity index (χ0) is 54.5. The number of aryl methyl sites for hydroxylation is 2. The Morgan fingerprint density at radius 1 is 0.553 bits per heavy atom. The van der Waals surface area contributed by atoms with Crippen LogP contribution >= 0.6 is 23.2 Å². The van der Waals surface area contributed by atoms with Crippen molar-refractivity contribution in [2.45, 2.75) is 50.4 Å². The summed E-state index contributed by atoms with van der Waals surface area (Å²) < 4.78 is 22.6. The number of aromatic nitrogens is 10. The van der Waals surface area contributed by atoms with Gasteiger partial charge in [-0.15, -0.1) is 0 Å². The number of carbonyl (C=O) groups excluding carboxylic acids is 2. The van der Waals surface area contributed by atoms with Gasteiger partial charge in [0, 0.05) is 101 Å². The molecule has 6 N–H and O–H groups in total. The smallest absolute Gasteiger partial charge is 0.249 e. The molecular formula is C55H56Cl2N14O4S. The van der Waals surface area contributed by atoms with E-state index in [0.717, 1.165) is 62.9 Å². The van der Waals surface area contributed by atoms with E-state index < -0.39 is 26.8 Å². The molecule has 6 aromatic heterocycles. The number of hydrogen-bond acceptors (Lipinski definition) is 11. The Morgan fingerprint density at radius 2 is 0.961 bits per heavy atom. The highest BCUT2D eigenvalue weighted by molar-refractivity contribution is 7.84. The van der Waals surface area contributed by atoms with Crippen molar-refractivity contribution >= 4 is 68.4 Å². The SMILES string of the molecule is CO.Cn1cc(-c2cc3c(-c4ccc(NC(=O)C(C)(N)c5ccc(Cl)cc5)cc4)ncnn3c2)cn1.Cn1cc(-c2cc3c(-c4ccc(NC(=O)C(C)(NS(=O)C(C)(C)C)c5ccc(Cl)cc5)cc4)ncnn3c2)cn1. The van der Waals surface area contributed by atoms with Crippen LogP contribution in [-0.4, -0.2) is 81.7 Å². The molecule has 0 bridgehead atoms. The lowest BCUT2D eigenvalue weighted by molar-refractivity contribution is -0.121. The molecule has 0 saturated carbocycles. The summed E-state index contributed by atoms with van der Waals surface area (Å²) in [6.07, 6.45) is 14.5. The molecule has 10 aromatic rings. The summed E-state index contributed by atoms with van der Waals surface area (Å²) in [5, 5.41) is 31.2. The Balaban J connectivity index is 0.000000197. The number of amides is 2. The summed E-state index contributed by atoms with van der Waals surface area (Å²) in [5.74, 6) is -0.669. The monoisotopic (exact) mass is 1080 g/mol. The Morgan fingerprint density at radius 3 is 1.36 bits per heavy atom. The second-order valence-electron chi connectivity index (χ2n) is 19.0. The van der Waals surface area contributed by atoms with Gasteiger partial charge in [-0.05, 0) is 106 Å². The number of carbonyl (C=O) groups is 2. The number of benzene rings is 4. The van der Waals surface area contributed by atoms with Gasteiger partial charge in [0.05, 0.1) is 50.5 Å².